The first-order chi connectivity index (χ1) is 12.3. The number of nitrogens with zero attached hydrogens (tertiary/aromatic N) is 2. The van der Waals surface area contributed by atoms with E-state index in [9.17, 15) is 9.59 Å². The van der Waals surface area contributed by atoms with Crippen molar-refractivity contribution in [3.63, 3.8) is 0 Å². The van der Waals surface area contributed by atoms with Gasteiger partial charge in [0.2, 0.25) is 0 Å². The van der Waals surface area contributed by atoms with E-state index in [0.717, 1.165) is 22.9 Å². The van der Waals surface area contributed by atoms with Gasteiger partial charge in [-0.2, -0.15) is 0 Å². The van der Waals surface area contributed by atoms with Crippen molar-refractivity contribution in [3.8, 4) is 0 Å². The highest BCUT2D eigenvalue weighted by molar-refractivity contribution is 6.05. The number of likely N-dealkylation sites (tertiary alicyclic amines) is 1. The molecule has 7 nitrogen and oxygen atoms in total. The van der Waals surface area contributed by atoms with Crippen molar-refractivity contribution in [1.82, 2.24) is 19.9 Å². The molecule has 3 aromatic rings. The molecule has 2 aromatic heterocycles. The first-order valence-corrected chi connectivity index (χ1v) is 8.79. The second kappa shape index (κ2) is 5.86. The van der Waals surface area contributed by atoms with Crippen LogP contribution in [0.25, 0.3) is 21.9 Å². The summed E-state index contributed by atoms with van der Waals surface area (Å²) in [6, 6.07) is 6.04. The number of hydrogen-bond donors (Lipinski definition) is 2. The van der Waals surface area contributed by atoms with Gasteiger partial charge in [-0.05, 0) is 38.8 Å². The summed E-state index contributed by atoms with van der Waals surface area (Å²) in [6.45, 7) is 6.94. The molecule has 1 atom stereocenters. The van der Waals surface area contributed by atoms with E-state index >= 15 is 0 Å². The Bertz CT molecular complexity index is 1040. The number of ether oxygens (including phenoxy) is 1. The zero-order chi connectivity index (χ0) is 18.5. The van der Waals surface area contributed by atoms with Gasteiger partial charge in [0.15, 0.2) is 0 Å². The minimum Gasteiger partial charge on any atom is -0.444 e. The SMILES string of the molecule is CC(C)(C)OC(=O)N1CCC(c2ccc3c(c2)[nH]c2nc[nH]c(=O)c23)C1. The number of aromatic nitrogens is 3. The fraction of sp³-hybridized carbons (Fsp3) is 0.421. The number of rotatable bonds is 1. The lowest BCUT2D eigenvalue weighted by Gasteiger charge is -2.24. The van der Waals surface area contributed by atoms with E-state index in [1.807, 2.05) is 32.9 Å². The third-order valence-electron chi connectivity index (χ3n) is 4.73. The van der Waals surface area contributed by atoms with Gasteiger partial charge in [-0.3, -0.25) is 4.79 Å². The van der Waals surface area contributed by atoms with E-state index in [1.165, 1.54) is 6.33 Å². The fourth-order valence-corrected chi connectivity index (χ4v) is 3.53. The average Bonchev–Trinajstić information content (AvgIpc) is 3.18. The van der Waals surface area contributed by atoms with E-state index in [-0.39, 0.29) is 17.6 Å². The van der Waals surface area contributed by atoms with E-state index in [0.29, 0.717) is 24.1 Å². The first kappa shape index (κ1) is 16.6. The lowest BCUT2D eigenvalue weighted by atomic mass is 9.97. The summed E-state index contributed by atoms with van der Waals surface area (Å²) >= 11 is 0. The van der Waals surface area contributed by atoms with Gasteiger partial charge in [-0.25, -0.2) is 9.78 Å². The summed E-state index contributed by atoms with van der Waals surface area (Å²) in [7, 11) is 0. The summed E-state index contributed by atoms with van der Waals surface area (Å²) in [5.74, 6) is 0.254. The quantitative estimate of drug-likeness (QED) is 0.702. The summed E-state index contributed by atoms with van der Waals surface area (Å²) in [6.07, 6.45) is 2.03. The number of carbonyl (C=O) groups excluding carboxylic acids is 1. The number of nitrogens with one attached hydrogen (secondary N) is 2. The summed E-state index contributed by atoms with van der Waals surface area (Å²) in [5.41, 5.74) is 1.98. The molecular weight excluding hydrogens is 332 g/mol. The van der Waals surface area contributed by atoms with Crippen LogP contribution in [-0.2, 0) is 4.74 Å². The third kappa shape index (κ3) is 2.94. The van der Waals surface area contributed by atoms with E-state index < -0.39 is 5.60 Å². The van der Waals surface area contributed by atoms with Crippen LogP contribution in [0.4, 0.5) is 4.79 Å². The van der Waals surface area contributed by atoms with Gasteiger partial charge in [-0.15, -0.1) is 0 Å². The highest BCUT2D eigenvalue weighted by Gasteiger charge is 2.30. The van der Waals surface area contributed by atoms with Crippen molar-refractivity contribution in [2.75, 3.05) is 13.1 Å². The topological polar surface area (TPSA) is 91.1 Å². The Morgan fingerprint density at radius 2 is 2.15 bits per heavy atom. The molecule has 1 fully saturated rings. The maximum atomic E-state index is 12.3. The zero-order valence-electron chi connectivity index (χ0n) is 15.1. The molecule has 136 valence electrons. The highest BCUT2D eigenvalue weighted by atomic mass is 16.6. The number of H-pyrrole nitrogens is 2. The smallest absolute Gasteiger partial charge is 0.410 e. The van der Waals surface area contributed by atoms with Crippen molar-refractivity contribution in [3.05, 3.63) is 40.4 Å². The summed E-state index contributed by atoms with van der Waals surface area (Å²) < 4.78 is 5.46. The van der Waals surface area contributed by atoms with Crippen LogP contribution in [0.5, 0.6) is 0 Å². The molecule has 1 unspecified atom stereocenters. The second-order valence-electron chi connectivity index (χ2n) is 7.80. The van der Waals surface area contributed by atoms with Gasteiger partial charge in [0.1, 0.15) is 11.2 Å². The third-order valence-corrected chi connectivity index (χ3v) is 4.73. The van der Waals surface area contributed by atoms with E-state index in [4.69, 9.17) is 4.74 Å². The molecule has 7 heteroatoms. The molecule has 1 amide bonds. The number of amides is 1. The van der Waals surface area contributed by atoms with Crippen LogP contribution < -0.4 is 5.56 Å². The Kier molecular flexibility index (Phi) is 3.75. The lowest BCUT2D eigenvalue weighted by molar-refractivity contribution is 0.0292. The number of hydrogen-bond acceptors (Lipinski definition) is 4. The van der Waals surface area contributed by atoms with Gasteiger partial charge in [-0.1, -0.05) is 12.1 Å². The van der Waals surface area contributed by atoms with Crippen LogP contribution in [0, 0.1) is 0 Å². The Morgan fingerprint density at radius 3 is 2.92 bits per heavy atom. The molecule has 2 N–H and O–H groups in total. The van der Waals surface area contributed by atoms with Gasteiger partial charge in [0.05, 0.1) is 11.7 Å². The maximum Gasteiger partial charge on any atom is 0.410 e. The van der Waals surface area contributed by atoms with Crippen molar-refractivity contribution in [1.29, 1.82) is 0 Å². The van der Waals surface area contributed by atoms with Crippen molar-refractivity contribution in [2.45, 2.75) is 38.7 Å². The summed E-state index contributed by atoms with van der Waals surface area (Å²) in [4.78, 5) is 36.1. The van der Waals surface area contributed by atoms with Gasteiger partial charge < -0.3 is 19.6 Å². The molecule has 0 aliphatic carbocycles. The predicted molar refractivity (Wildman–Crippen MR) is 99.4 cm³/mol. The van der Waals surface area contributed by atoms with Crippen molar-refractivity contribution >= 4 is 28.0 Å². The zero-order valence-corrected chi connectivity index (χ0v) is 15.1. The molecule has 0 radical (unpaired) electrons. The van der Waals surface area contributed by atoms with Crippen LogP contribution in [0.15, 0.2) is 29.3 Å². The standard InChI is InChI=1S/C19H22N4O3/c1-19(2,3)26-18(25)23-7-6-12(9-23)11-4-5-13-14(8-11)22-16-15(13)17(24)21-10-20-16/h4-5,8,10,12H,6-7,9H2,1-3H3,(H2,20,21,22,24). The fourth-order valence-electron chi connectivity index (χ4n) is 3.53. The lowest BCUT2D eigenvalue weighted by Crippen LogP contribution is -2.35. The predicted octanol–water partition coefficient (Wildman–Crippen LogP) is 3.13. The molecule has 4 rings (SSSR count). The minimum absolute atomic E-state index is 0.147. The Labute approximate surface area is 150 Å². The van der Waals surface area contributed by atoms with Crippen LogP contribution in [0.2, 0.25) is 0 Å². The molecule has 1 aromatic carbocycles. The largest absolute Gasteiger partial charge is 0.444 e. The maximum absolute atomic E-state index is 12.3. The van der Waals surface area contributed by atoms with Crippen LogP contribution >= 0.6 is 0 Å². The van der Waals surface area contributed by atoms with Gasteiger partial charge in [0.25, 0.3) is 5.56 Å². The van der Waals surface area contributed by atoms with Crippen molar-refractivity contribution in [2.24, 2.45) is 0 Å². The molecule has 0 spiro atoms. The highest BCUT2D eigenvalue weighted by Crippen LogP contribution is 2.31. The Balaban J connectivity index is 1.60. The van der Waals surface area contributed by atoms with E-state index in [2.05, 4.69) is 21.0 Å². The molecule has 0 saturated carbocycles. The van der Waals surface area contributed by atoms with Crippen LogP contribution in [0.1, 0.15) is 38.7 Å². The second-order valence-corrected chi connectivity index (χ2v) is 7.80. The molecule has 0 bridgehead atoms. The minimum atomic E-state index is -0.488. The van der Waals surface area contributed by atoms with Crippen molar-refractivity contribution < 1.29 is 9.53 Å². The van der Waals surface area contributed by atoms with E-state index in [1.54, 1.807) is 4.90 Å². The molecule has 26 heavy (non-hydrogen) atoms. The average molecular weight is 354 g/mol. The number of carbonyl (C=O) groups is 1. The number of aromatic amines is 2. The van der Waals surface area contributed by atoms with Crippen LogP contribution in [-0.4, -0.2) is 44.6 Å². The summed E-state index contributed by atoms with van der Waals surface area (Å²) in [5, 5.41) is 1.44. The molecule has 1 aliphatic heterocycles. The molecular formula is C19H22N4O3. The Hall–Kier alpha value is -2.83. The van der Waals surface area contributed by atoms with Gasteiger partial charge >= 0.3 is 6.09 Å². The van der Waals surface area contributed by atoms with Crippen LogP contribution in [0.3, 0.4) is 0 Å². The number of fused-ring (bicyclic) bond motifs is 3. The Morgan fingerprint density at radius 1 is 1.35 bits per heavy atom. The monoisotopic (exact) mass is 354 g/mol. The first-order valence-electron chi connectivity index (χ1n) is 8.79. The number of benzene rings is 1. The normalized spacial score (nSPS) is 18.0. The molecule has 1 aliphatic rings. The van der Waals surface area contributed by atoms with Gasteiger partial charge in [0, 0.05) is 29.9 Å². The molecule has 3 heterocycles. The molecule has 1 saturated heterocycles.